The van der Waals surface area contributed by atoms with Crippen LogP contribution in [-0.2, 0) is 16.0 Å². The number of ether oxygens (including phenoxy) is 2. The normalized spacial score (nSPS) is 26.2. The Balaban J connectivity index is 1.37. The highest BCUT2D eigenvalue weighted by molar-refractivity contribution is 6.30. The van der Waals surface area contributed by atoms with E-state index >= 15 is 0 Å². The van der Waals surface area contributed by atoms with E-state index in [2.05, 4.69) is 10.00 Å². The summed E-state index contributed by atoms with van der Waals surface area (Å²) in [6.07, 6.45) is 3.81. The minimum atomic E-state index is 0.249. The molecular weight excluding hydrogens is 254 g/mol. The summed E-state index contributed by atoms with van der Waals surface area (Å²) < 4.78 is 13.0. The van der Waals surface area contributed by atoms with Crippen LogP contribution in [0.3, 0.4) is 0 Å². The van der Waals surface area contributed by atoms with Crippen molar-refractivity contribution in [2.24, 2.45) is 5.92 Å². The molecule has 0 saturated carbocycles. The van der Waals surface area contributed by atoms with Gasteiger partial charge in [0, 0.05) is 38.3 Å². The van der Waals surface area contributed by atoms with Crippen molar-refractivity contribution in [3.05, 3.63) is 17.4 Å². The molecule has 0 bridgehead atoms. The van der Waals surface area contributed by atoms with Gasteiger partial charge in [0.15, 0.2) is 0 Å². The lowest BCUT2D eigenvalue weighted by molar-refractivity contribution is -0.107. The Morgan fingerprint density at radius 1 is 1.33 bits per heavy atom. The molecule has 2 aliphatic rings. The standard InChI is InChI=1S/C12H18ClN3O2/c13-11-3-14-16(7-11)6-10-4-15(5-10)8-12-9-17-1-2-18-12/h3,7,10,12H,1-2,4-6,8-9H2. The zero-order valence-corrected chi connectivity index (χ0v) is 11.1. The molecule has 0 radical (unpaired) electrons. The highest BCUT2D eigenvalue weighted by atomic mass is 35.5. The quantitative estimate of drug-likeness (QED) is 0.815. The minimum Gasteiger partial charge on any atom is -0.376 e. The predicted molar refractivity (Wildman–Crippen MR) is 67.7 cm³/mol. The highest BCUT2D eigenvalue weighted by Crippen LogP contribution is 2.19. The fourth-order valence-electron chi connectivity index (χ4n) is 2.57. The van der Waals surface area contributed by atoms with Crippen LogP contribution in [0.4, 0.5) is 0 Å². The van der Waals surface area contributed by atoms with E-state index in [1.165, 1.54) is 0 Å². The van der Waals surface area contributed by atoms with E-state index in [9.17, 15) is 0 Å². The van der Waals surface area contributed by atoms with Crippen LogP contribution >= 0.6 is 11.6 Å². The van der Waals surface area contributed by atoms with Gasteiger partial charge in [0.25, 0.3) is 0 Å². The summed E-state index contributed by atoms with van der Waals surface area (Å²) >= 11 is 5.84. The molecule has 5 nitrogen and oxygen atoms in total. The van der Waals surface area contributed by atoms with Crippen LogP contribution in [0.1, 0.15) is 0 Å². The van der Waals surface area contributed by atoms with Gasteiger partial charge in [-0.3, -0.25) is 9.58 Å². The molecule has 6 heteroatoms. The summed E-state index contributed by atoms with van der Waals surface area (Å²) in [5.74, 6) is 0.672. The second kappa shape index (κ2) is 5.57. The zero-order valence-electron chi connectivity index (χ0n) is 10.3. The van der Waals surface area contributed by atoms with Crippen LogP contribution in [-0.4, -0.2) is 60.2 Å². The molecule has 1 aromatic rings. The molecule has 2 aliphatic heterocycles. The van der Waals surface area contributed by atoms with E-state index in [1.807, 2.05) is 10.9 Å². The number of hydrogen-bond acceptors (Lipinski definition) is 4. The molecule has 1 aromatic heterocycles. The number of rotatable bonds is 4. The Labute approximate surface area is 112 Å². The fraction of sp³-hybridized carbons (Fsp3) is 0.750. The first-order valence-corrected chi connectivity index (χ1v) is 6.77. The van der Waals surface area contributed by atoms with Gasteiger partial charge in [0.05, 0.1) is 37.1 Å². The van der Waals surface area contributed by atoms with Crippen LogP contribution in [0.25, 0.3) is 0 Å². The molecule has 3 rings (SSSR count). The van der Waals surface area contributed by atoms with E-state index in [-0.39, 0.29) is 6.10 Å². The van der Waals surface area contributed by atoms with E-state index < -0.39 is 0 Å². The average Bonchev–Trinajstić information content (AvgIpc) is 2.73. The van der Waals surface area contributed by atoms with Crippen LogP contribution in [0.2, 0.25) is 5.02 Å². The molecule has 0 spiro atoms. The van der Waals surface area contributed by atoms with E-state index in [0.29, 0.717) is 10.9 Å². The van der Waals surface area contributed by atoms with Crippen LogP contribution in [0.15, 0.2) is 12.4 Å². The third kappa shape index (κ3) is 3.03. The molecule has 1 atom stereocenters. The molecule has 2 fully saturated rings. The van der Waals surface area contributed by atoms with Gasteiger partial charge in [-0.1, -0.05) is 11.6 Å². The summed E-state index contributed by atoms with van der Waals surface area (Å²) in [5.41, 5.74) is 0. The Kier molecular flexibility index (Phi) is 3.84. The highest BCUT2D eigenvalue weighted by Gasteiger charge is 2.29. The first kappa shape index (κ1) is 12.4. The molecular formula is C12H18ClN3O2. The first-order chi connectivity index (χ1) is 8.79. The molecule has 100 valence electrons. The monoisotopic (exact) mass is 271 g/mol. The van der Waals surface area contributed by atoms with Crippen molar-refractivity contribution in [2.45, 2.75) is 12.6 Å². The van der Waals surface area contributed by atoms with Gasteiger partial charge in [0.2, 0.25) is 0 Å². The fourth-order valence-corrected chi connectivity index (χ4v) is 2.73. The van der Waals surface area contributed by atoms with Crippen molar-refractivity contribution >= 4 is 11.6 Å². The molecule has 2 saturated heterocycles. The lowest BCUT2D eigenvalue weighted by Crippen LogP contribution is -2.52. The number of likely N-dealkylation sites (tertiary alicyclic amines) is 1. The summed E-state index contributed by atoms with van der Waals surface area (Å²) in [6.45, 7) is 6.35. The second-order valence-electron chi connectivity index (χ2n) is 5.03. The lowest BCUT2D eigenvalue weighted by Gasteiger charge is -2.41. The summed E-state index contributed by atoms with van der Waals surface area (Å²) in [6, 6.07) is 0. The predicted octanol–water partition coefficient (Wildman–Crippen LogP) is 0.884. The summed E-state index contributed by atoms with van der Waals surface area (Å²) in [4.78, 5) is 2.41. The Morgan fingerprint density at radius 3 is 2.89 bits per heavy atom. The Hall–Kier alpha value is -0.620. The van der Waals surface area contributed by atoms with Crippen molar-refractivity contribution in [2.75, 3.05) is 39.5 Å². The SMILES string of the molecule is Clc1cnn(CC2CN(CC3COCCO3)C2)c1. The maximum absolute atomic E-state index is 5.84. The number of aromatic nitrogens is 2. The maximum Gasteiger partial charge on any atom is 0.0936 e. The third-order valence-corrected chi connectivity index (χ3v) is 3.62. The molecule has 18 heavy (non-hydrogen) atoms. The third-order valence-electron chi connectivity index (χ3n) is 3.43. The lowest BCUT2D eigenvalue weighted by atomic mass is 10.00. The van der Waals surface area contributed by atoms with Gasteiger partial charge in [-0.15, -0.1) is 0 Å². The smallest absolute Gasteiger partial charge is 0.0936 e. The van der Waals surface area contributed by atoms with Crippen LogP contribution in [0, 0.1) is 5.92 Å². The van der Waals surface area contributed by atoms with Crippen molar-refractivity contribution in [3.8, 4) is 0 Å². The first-order valence-electron chi connectivity index (χ1n) is 6.39. The van der Waals surface area contributed by atoms with Gasteiger partial charge in [0.1, 0.15) is 0 Å². The van der Waals surface area contributed by atoms with Crippen molar-refractivity contribution in [1.29, 1.82) is 0 Å². The molecule has 0 aliphatic carbocycles. The largest absolute Gasteiger partial charge is 0.376 e. The summed E-state index contributed by atoms with van der Waals surface area (Å²) in [5, 5.41) is 4.91. The molecule has 3 heterocycles. The van der Waals surface area contributed by atoms with Crippen molar-refractivity contribution < 1.29 is 9.47 Å². The van der Waals surface area contributed by atoms with Gasteiger partial charge >= 0.3 is 0 Å². The summed E-state index contributed by atoms with van der Waals surface area (Å²) in [7, 11) is 0. The van der Waals surface area contributed by atoms with Crippen LogP contribution in [0.5, 0.6) is 0 Å². The van der Waals surface area contributed by atoms with Crippen molar-refractivity contribution in [3.63, 3.8) is 0 Å². The zero-order chi connectivity index (χ0) is 12.4. The molecule has 0 N–H and O–H groups in total. The van der Waals surface area contributed by atoms with E-state index in [1.54, 1.807) is 6.20 Å². The van der Waals surface area contributed by atoms with Gasteiger partial charge in [-0.25, -0.2) is 0 Å². The van der Waals surface area contributed by atoms with E-state index in [4.69, 9.17) is 21.1 Å². The molecule has 1 unspecified atom stereocenters. The van der Waals surface area contributed by atoms with E-state index in [0.717, 1.165) is 46.0 Å². The number of hydrogen-bond donors (Lipinski definition) is 0. The van der Waals surface area contributed by atoms with Gasteiger partial charge in [-0.2, -0.15) is 5.10 Å². The van der Waals surface area contributed by atoms with Crippen molar-refractivity contribution in [1.82, 2.24) is 14.7 Å². The average molecular weight is 272 g/mol. The van der Waals surface area contributed by atoms with Crippen LogP contribution < -0.4 is 0 Å². The number of nitrogens with zero attached hydrogens (tertiary/aromatic N) is 3. The topological polar surface area (TPSA) is 39.5 Å². The molecule has 0 amide bonds. The molecule has 0 aromatic carbocycles. The van der Waals surface area contributed by atoms with Gasteiger partial charge in [-0.05, 0) is 0 Å². The Morgan fingerprint density at radius 2 is 2.22 bits per heavy atom. The number of halogens is 1. The Bertz CT molecular complexity index is 386. The maximum atomic E-state index is 5.84. The van der Waals surface area contributed by atoms with Gasteiger partial charge < -0.3 is 9.47 Å². The second-order valence-corrected chi connectivity index (χ2v) is 5.47. The minimum absolute atomic E-state index is 0.249.